The van der Waals surface area contributed by atoms with Gasteiger partial charge in [0.05, 0.1) is 5.52 Å². The first-order valence-electron chi connectivity index (χ1n) is 6.61. The van der Waals surface area contributed by atoms with Crippen molar-refractivity contribution in [2.45, 2.75) is 31.8 Å². The van der Waals surface area contributed by atoms with Crippen LogP contribution in [0.5, 0.6) is 0 Å². The van der Waals surface area contributed by atoms with E-state index in [-0.39, 0.29) is 0 Å². The van der Waals surface area contributed by atoms with Crippen molar-refractivity contribution in [1.82, 2.24) is 4.98 Å². The van der Waals surface area contributed by atoms with Gasteiger partial charge in [0.1, 0.15) is 0 Å². The monoisotopic (exact) mass is 241 g/mol. The third-order valence-electron chi connectivity index (χ3n) is 3.85. The number of aromatic nitrogens is 1. The first kappa shape index (κ1) is 11.5. The molecule has 1 aliphatic heterocycles. The predicted molar refractivity (Wildman–Crippen MR) is 75.8 cm³/mol. The van der Waals surface area contributed by atoms with Gasteiger partial charge in [0.15, 0.2) is 0 Å². The molecule has 1 aromatic carbocycles. The molecule has 2 unspecified atom stereocenters. The van der Waals surface area contributed by atoms with Crippen molar-refractivity contribution in [1.29, 1.82) is 0 Å². The minimum Gasteiger partial charge on any atom is -0.368 e. The van der Waals surface area contributed by atoms with E-state index in [9.17, 15) is 0 Å². The van der Waals surface area contributed by atoms with Crippen molar-refractivity contribution in [3.05, 3.63) is 36.5 Å². The lowest BCUT2D eigenvalue weighted by Gasteiger charge is -2.38. The van der Waals surface area contributed by atoms with Crippen LogP contribution in [0.3, 0.4) is 0 Å². The Morgan fingerprint density at radius 1 is 1.28 bits per heavy atom. The first-order chi connectivity index (χ1) is 8.75. The average molecular weight is 241 g/mol. The standard InChI is InChI=1S/C15H19N3/c1-11-10-12(16)7-9-18(11)15-6-8-17-14-5-3-2-4-13(14)15/h2-6,8,11-12H,7,9-10,16H2,1H3. The van der Waals surface area contributed by atoms with Crippen LogP contribution in [0.4, 0.5) is 5.69 Å². The Kier molecular flexibility index (Phi) is 2.92. The summed E-state index contributed by atoms with van der Waals surface area (Å²) in [6, 6.07) is 11.3. The molecule has 2 heterocycles. The number of nitrogens with zero attached hydrogens (tertiary/aromatic N) is 2. The highest BCUT2D eigenvalue weighted by Gasteiger charge is 2.24. The smallest absolute Gasteiger partial charge is 0.0722 e. The Morgan fingerprint density at radius 2 is 2.11 bits per heavy atom. The van der Waals surface area contributed by atoms with Crippen LogP contribution in [0.15, 0.2) is 36.5 Å². The summed E-state index contributed by atoms with van der Waals surface area (Å²) >= 11 is 0. The van der Waals surface area contributed by atoms with Crippen LogP contribution >= 0.6 is 0 Å². The van der Waals surface area contributed by atoms with Crippen molar-refractivity contribution in [3.8, 4) is 0 Å². The van der Waals surface area contributed by atoms with Crippen molar-refractivity contribution >= 4 is 16.6 Å². The van der Waals surface area contributed by atoms with Crippen LogP contribution in [0, 0.1) is 0 Å². The van der Waals surface area contributed by atoms with Gasteiger partial charge >= 0.3 is 0 Å². The first-order valence-corrected chi connectivity index (χ1v) is 6.61. The molecule has 3 nitrogen and oxygen atoms in total. The van der Waals surface area contributed by atoms with E-state index in [1.807, 2.05) is 12.3 Å². The molecule has 0 spiro atoms. The van der Waals surface area contributed by atoms with E-state index >= 15 is 0 Å². The maximum Gasteiger partial charge on any atom is 0.0722 e. The van der Waals surface area contributed by atoms with Crippen LogP contribution in [0.2, 0.25) is 0 Å². The van der Waals surface area contributed by atoms with Crippen LogP contribution in [0.25, 0.3) is 10.9 Å². The lowest BCUT2D eigenvalue weighted by molar-refractivity contribution is 0.430. The number of nitrogens with two attached hydrogens (primary N) is 1. The fraction of sp³-hybridized carbons (Fsp3) is 0.400. The normalized spacial score (nSPS) is 24.4. The number of rotatable bonds is 1. The molecule has 1 fully saturated rings. The molecule has 94 valence electrons. The average Bonchev–Trinajstić information content (AvgIpc) is 2.38. The molecular formula is C15H19N3. The maximum absolute atomic E-state index is 6.04. The number of pyridine rings is 1. The lowest BCUT2D eigenvalue weighted by Crippen LogP contribution is -2.45. The maximum atomic E-state index is 6.04. The molecule has 2 aromatic rings. The Hall–Kier alpha value is -1.61. The summed E-state index contributed by atoms with van der Waals surface area (Å²) < 4.78 is 0. The molecule has 0 aliphatic carbocycles. The highest BCUT2D eigenvalue weighted by atomic mass is 15.2. The van der Waals surface area contributed by atoms with E-state index in [4.69, 9.17) is 5.73 Å². The van der Waals surface area contributed by atoms with Gasteiger partial charge in [0, 0.05) is 35.9 Å². The predicted octanol–water partition coefficient (Wildman–Crippen LogP) is 2.55. The number of hydrogen-bond donors (Lipinski definition) is 1. The summed E-state index contributed by atoms with van der Waals surface area (Å²) in [6.45, 7) is 3.30. The van der Waals surface area contributed by atoms with Gasteiger partial charge in [-0.25, -0.2) is 0 Å². The number of benzene rings is 1. The highest BCUT2D eigenvalue weighted by molar-refractivity contribution is 5.91. The van der Waals surface area contributed by atoms with E-state index in [1.54, 1.807) is 0 Å². The summed E-state index contributed by atoms with van der Waals surface area (Å²) in [7, 11) is 0. The lowest BCUT2D eigenvalue weighted by atomic mass is 9.98. The number of para-hydroxylation sites is 1. The van der Waals surface area contributed by atoms with Gasteiger partial charge in [0.2, 0.25) is 0 Å². The molecule has 0 amide bonds. The Balaban J connectivity index is 2.04. The summed E-state index contributed by atoms with van der Waals surface area (Å²) in [4.78, 5) is 6.89. The van der Waals surface area contributed by atoms with Crippen LogP contribution in [0.1, 0.15) is 19.8 Å². The third kappa shape index (κ3) is 1.95. The summed E-state index contributed by atoms with van der Waals surface area (Å²) in [5, 5.41) is 1.24. The number of fused-ring (bicyclic) bond motifs is 1. The molecule has 1 saturated heterocycles. The van der Waals surface area contributed by atoms with Crippen molar-refractivity contribution in [2.75, 3.05) is 11.4 Å². The minimum absolute atomic E-state index is 0.351. The number of piperidine rings is 1. The van der Waals surface area contributed by atoms with E-state index < -0.39 is 0 Å². The second kappa shape index (κ2) is 4.58. The SMILES string of the molecule is CC1CC(N)CCN1c1ccnc2ccccc12. The second-order valence-electron chi connectivity index (χ2n) is 5.17. The molecule has 0 radical (unpaired) electrons. The van der Waals surface area contributed by atoms with Crippen molar-refractivity contribution < 1.29 is 0 Å². The van der Waals surface area contributed by atoms with Gasteiger partial charge in [-0.05, 0) is 31.9 Å². The zero-order chi connectivity index (χ0) is 12.5. The number of anilines is 1. The summed E-state index contributed by atoms with van der Waals surface area (Å²) in [5.41, 5.74) is 8.40. The van der Waals surface area contributed by atoms with Crippen LogP contribution in [-0.4, -0.2) is 23.6 Å². The zero-order valence-electron chi connectivity index (χ0n) is 10.7. The second-order valence-corrected chi connectivity index (χ2v) is 5.17. The third-order valence-corrected chi connectivity index (χ3v) is 3.85. The quantitative estimate of drug-likeness (QED) is 0.834. The molecular weight excluding hydrogens is 222 g/mol. The molecule has 0 saturated carbocycles. The minimum atomic E-state index is 0.351. The van der Waals surface area contributed by atoms with Gasteiger partial charge in [0.25, 0.3) is 0 Å². The van der Waals surface area contributed by atoms with E-state index in [0.29, 0.717) is 12.1 Å². The Labute approximate surface area is 108 Å². The van der Waals surface area contributed by atoms with Crippen LogP contribution in [-0.2, 0) is 0 Å². The molecule has 0 bridgehead atoms. The summed E-state index contributed by atoms with van der Waals surface area (Å²) in [6.07, 6.45) is 4.04. The fourth-order valence-corrected chi connectivity index (χ4v) is 2.90. The van der Waals surface area contributed by atoms with Gasteiger partial charge < -0.3 is 10.6 Å². The van der Waals surface area contributed by atoms with Crippen molar-refractivity contribution in [2.24, 2.45) is 5.73 Å². The van der Waals surface area contributed by atoms with Gasteiger partial charge in [-0.15, -0.1) is 0 Å². The Bertz CT molecular complexity index is 547. The van der Waals surface area contributed by atoms with Crippen molar-refractivity contribution in [3.63, 3.8) is 0 Å². The Morgan fingerprint density at radius 3 is 2.94 bits per heavy atom. The highest BCUT2D eigenvalue weighted by Crippen LogP contribution is 2.30. The van der Waals surface area contributed by atoms with Gasteiger partial charge in [-0.2, -0.15) is 0 Å². The number of hydrogen-bond acceptors (Lipinski definition) is 3. The molecule has 1 aromatic heterocycles. The molecule has 3 heteroatoms. The van der Waals surface area contributed by atoms with E-state index in [1.165, 1.54) is 11.1 Å². The van der Waals surface area contributed by atoms with Gasteiger partial charge in [-0.3, -0.25) is 4.98 Å². The van der Waals surface area contributed by atoms with E-state index in [2.05, 4.69) is 41.1 Å². The largest absolute Gasteiger partial charge is 0.368 e. The molecule has 1 aliphatic rings. The molecule has 3 rings (SSSR count). The summed E-state index contributed by atoms with van der Waals surface area (Å²) in [5.74, 6) is 0. The molecule has 18 heavy (non-hydrogen) atoms. The van der Waals surface area contributed by atoms with Gasteiger partial charge in [-0.1, -0.05) is 18.2 Å². The molecule has 2 atom stereocenters. The fourth-order valence-electron chi connectivity index (χ4n) is 2.90. The van der Waals surface area contributed by atoms with E-state index in [0.717, 1.165) is 24.9 Å². The van der Waals surface area contributed by atoms with Crippen LogP contribution < -0.4 is 10.6 Å². The zero-order valence-corrected chi connectivity index (χ0v) is 10.7. The molecule has 2 N–H and O–H groups in total. The topological polar surface area (TPSA) is 42.1 Å².